The lowest BCUT2D eigenvalue weighted by atomic mass is 9.86. The van der Waals surface area contributed by atoms with Crippen LogP contribution in [0.1, 0.15) is 44.1 Å². The van der Waals surface area contributed by atoms with Crippen molar-refractivity contribution in [2.75, 3.05) is 5.32 Å². The molecule has 1 aliphatic rings. The van der Waals surface area contributed by atoms with E-state index >= 15 is 0 Å². The fourth-order valence-corrected chi connectivity index (χ4v) is 2.51. The van der Waals surface area contributed by atoms with Crippen LogP contribution in [-0.4, -0.2) is 17.2 Å². The van der Waals surface area contributed by atoms with Crippen molar-refractivity contribution in [2.45, 2.75) is 52.5 Å². The molecule has 1 fully saturated rings. The Kier molecular flexibility index (Phi) is 3.89. The van der Waals surface area contributed by atoms with Gasteiger partial charge < -0.3 is 15.2 Å². The highest BCUT2D eigenvalue weighted by Crippen LogP contribution is 2.24. The van der Waals surface area contributed by atoms with Crippen molar-refractivity contribution in [3.8, 4) is 0 Å². The minimum atomic E-state index is -0.164. The van der Waals surface area contributed by atoms with E-state index in [-0.39, 0.29) is 12.1 Å². The molecule has 2 amide bonds. The van der Waals surface area contributed by atoms with E-state index in [9.17, 15) is 4.79 Å². The van der Waals surface area contributed by atoms with Crippen LogP contribution in [0.4, 0.5) is 10.5 Å². The van der Waals surface area contributed by atoms with Gasteiger partial charge in [-0.25, -0.2) is 4.79 Å². The van der Waals surface area contributed by atoms with Crippen LogP contribution in [0.25, 0.3) is 0 Å². The Hall–Kier alpha value is -1.52. The Balaban J connectivity index is 1.92. The number of nitrogens with one attached hydrogen (secondary N) is 2. The highest BCUT2D eigenvalue weighted by Gasteiger charge is 2.23. The first-order valence-corrected chi connectivity index (χ1v) is 6.58. The summed E-state index contributed by atoms with van der Waals surface area (Å²) >= 11 is 0. The molecule has 1 saturated carbocycles. The predicted molar refractivity (Wildman–Crippen MR) is 69.6 cm³/mol. The molecule has 0 bridgehead atoms. The lowest BCUT2D eigenvalue weighted by Gasteiger charge is -2.29. The van der Waals surface area contributed by atoms with Gasteiger partial charge in [0.05, 0.1) is 0 Å². The second-order valence-corrected chi connectivity index (χ2v) is 5.17. The highest BCUT2D eigenvalue weighted by molar-refractivity contribution is 5.90. The van der Waals surface area contributed by atoms with Crippen LogP contribution in [0, 0.1) is 19.8 Å². The maximum Gasteiger partial charge on any atom is 0.319 e. The average Bonchev–Trinajstić information content (AvgIpc) is 2.64. The van der Waals surface area contributed by atoms with Crippen LogP contribution in [0.5, 0.6) is 0 Å². The smallest absolute Gasteiger partial charge is 0.319 e. The van der Waals surface area contributed by atoms with Crippen molar-refractivity contribution in [3.63, 3.8) is 0 Å². The maximum absolute atomic E-state index is 11.9. The summed E-state index contributed by atoms with van der Waals surface area (Å²) in [5, 5.41) is 9.68. The number of carbonyl (C=O) groups excluding carboxylic acids is 1. The largest absolute Gasteiger partial charge is 0.359 e. The Morgan fingerprint density at radius 1 is 1.33 bits per heavy atom. The fourth-order valence-electron chi connectivity index (χ4n) is 2.51. The number of rotatable bonds is 2. The van der Waals surface area contributed by atoms with E-state index in [1.807, 2.05) is 6.92 Å². The zero-order valence-corrected chi connectivity index (χ0v) is 11.2. The van der Waals surface area contributed by atoms with Gasteiger partial charge in [-0.1, -0.05) is 24.9 Å². The first-order chi connectivity index (χ1) is 8.58. The maximum atomic E-state index is 11.9. The molecule has 0 radical (unpaired) electrons. The molecule has 0 aliphatic heterocycles. The van der Waals surface area contributed by atoms with Crippen LogP contribution >= 0.6 is 0 Å². The van der Waals surface area contributed by atoms with Crippen LogP contribution in [-0.2, 0) is 0 Å². The third kappa shape index (κ3) is 2.83. The second-order valence-electron chi connectivity index (χ2n) is 5.17. The van der Waals surface area contributed by atoms with Gasteiger partial charge in [-0.2, -0.15) is 0 Å². The molecule has 1 heterocycles. The molecule has 5 heteroatoms. The zero-order valence-electron chi connectivity index (χ0n) is 11.2. The van der Waals surface area contributed by atoms with E-state index in [1.54, 1.807) is 6.92 Å². The lowest BCUT2D eigenvalue weighted by molar-refractivity contribution is 0.232. The van der Waals surface area contributed by atoms with E-state index in [0.717, 1.165) is 6.42 Å². The van der Waals surface area contributed by atoms with Gasteiger partial charge in [0, 0.05) is 6.04 Å². The van der Waals surface area contributed by atoms with Crippen molar-refractivity contribution in [1.82, 2.24) is 10.5 Å². The molecule has 2 unspecified atom stereocenters. The number of aromatic nitrogens is 1. The van der Waals surface area contributed by atoms with Crippen LogP contribution in [0.3, 0.4) is 0 Å². The lowest BCUT2D eigenvalue weighted by Crippen LogP contribution is -2.43. The zero-order chi connectivity index (χ0) is 13.1. The van der Waals surface area contributed by atoms with Crippen molar-refractivity contribution >= 4 is 11.7 Å². The SMILES string of the molecule is Cc1noc(C)c1NC(=O)NC1CCCCC1C. The molecule has 2 rings (SSSR count). The van der Waals surface area contributed by atoms with Gasteiger partial charge in [0.1, 0.15) is 11.4 Å². The van der Waals surface area contributed by atoms with Crippen molar-refractivity contribution in [1.29, 1.82) is 0 Å². The van der Waals surface area contributed by atoms with Crippen LogP contribution < -0.4 is 10.6 Å². The molecule has 18 heavy (non-hydrogen) atoms. The molecular weight excluding hydrogens is 230 g/mol. The van der Waals surface area contributed by atoms with Crippen LogP contribution in [0.2, 0.25) is 0 Å². The number of nitrogens with zero attached hydrogens (tertiary/aromatic N) is 1. The van der Waals surface area contributed by atoms with Gasteiger partial charge in [0.25, 0.3) is 0 Å². The van der Waals surface area contributed by atoms with E-state index in [0.29, 0.717) is 23.1 Å². The summed E-state index contributed by atoms with van der Waals surface area (Å²) in [6.45, 7) is 5.80. The summed E-state index contributed by atoms with van der Waals surface area (Å²) in [6, 6.07) is 0.113. The molecule has 100 valence electrons. The van der Waals surface area contributed by atoms with Gasteiger partial charge in [-0.3, -0.25) is 0 Å². The highest BCUT2D eigenvalue weighted by atomic mass is 16.5. The van der Waals surface area contributed by atoms with Crippen molar-refractivity contribution in [2.24, 2.45) is 5.92 Å². The van der Waals surface area contributed by atoms with Gasteiger partial charge in [-0.05, 0) is 32.6 Å². The minimum absolute atomic E-state index is 0.164. The summed E-state index contributed by atoms with van der Waals surface area (Å²) < 4.78 is 5.01. The Bertz CT molecular complexity index is 408. The Morgan fingerprint density at radius 2 is 2.06 bits per heavy atom. The first kappa shape index (κ1) is 12.9. The molecule has 0 spiro atoms. The Labute approximate surface area is 107 Å². The van der Waals surface area contributed by atoms with E-state index in [4.69, 9.17) is 4.52 Å². The molecule has 0 aromatic carbocycles. The normalized spacial score (nSPS) is 23.7. The molecule has 1 aromatic rings. The van der Waals surface area contributed by atoms with Gasteiger partial charge in [0.15, 0.2) is 5.76 Å². The van der Waals surface area contributed by atoms with Crippen molar-refractivity contribution < 1.29 is 9.32 Å². The standard InChI is InChI=1S/C13H21N3O2/c1-8-6-4-5-7-11(8)14-13(17)15-12-9(2)16-18-10(12)3/h8,11H,4-7H2,1-3H3,(H2,14,15,17). The molecule has 1 aliphatic carbocycles. The summed E-state index contributed by atoms with van der Waals surface area (Å²) in [6.07, 6.45) is 4.72. The van der Waals surface area contributed by atoms with Crippen LogP contribution in [0.15, 0.2) is 4.52 Å². The van der Waals surface area contributed by atoms with Gasteiger partial charge in [-0.15, -0.1) is 0 Å². The number of urea groups is 1. The monoisotopic (exact) mass is 251 g/mol. The fraction of sp³-hybridized carbons (Fsp3) is 0.692. The molecule has 2 atom stereocenters. The number of anilines is 1. The summed E-state index contributed by atoms with van der Waals surface area (Å²) in [5.74, 6) is 1.19. The number of hydrogen-bond acceptors (Lipinski definition) is 3. The number of carbonyl (C=O) groups is 1. The molecule has 5 nitrogen and oxygen atoms in total. The van der Waals surface area contributed by atoms with E-state index in [2.05, 4.69) is 22.7 Å². The second kappa shape index (κ2) is 5.42. The summed E-state index contributed by atoms with van der Waals surface area (Å²) in [5.41, 5.74) is 1.38. The van der Waals surface area contributed by atoms with E-state index in [1.165, 1.54) is 19.3 Å². The first-order valence-electron chi connectivity index (χ1n) is 6.58. The predicted octanol–water partition coefficient (Wildman–Crippen LogP) is 2.99. The van der Waals surface area contributed by atoms with Crippen molar-refractivity contribution in [3.05, 3.63) is 11.5 Å². The van der Waals surface area contributed by atoms with Gasteiger partial charge >= 0.3 is 6.03 Å². The average molecular weight is 251 g/mol. The quantitative estimate of drug-likeness (QED) is 0.849. The third-order valence-corrected chi connectivity index (χ3v) is 3.70. The molecule has 2 N–H and O–H groups in total. The molecular formula is C13H21N3O2. The molecule has 0 saturated heterocycles. The number of hydrogen-bond donors (Lipinski definition) is 2. The number of amides is 2. The Morgan fingerprint density at radius 3 is 2.67 bits per heavy atom. The minimum Gasteiger partial charge on any atom is -0.359 e. The van der Waals surface area contributed by atoms with E-state index < -0.39 is 0 Å². The third-order valence-electron chi connectivity index (χ3n) is 3.70. The molecule has 1 aromatic heterocycles. The van der Waals surface area contributed by atoms with Gasteiger partial charge in [0.2, 0.25) is 0 Å². The number of aryl methyl sites for hydroxylation is 2. The summed E-state index contributed by atoms with van der Waals surface area (Å²) in [7, 11) is 0. The summed E-state index contributed by atoms with van der Waals surface area (Å²) in [4.78, 5) is 11.9. The topological polar surface area (TPSA) is 67.2 Å².